The molecule has 6 heteroatoms. The summed E-state index contributed by atoms with van der Waals surface area (Å²) in [6.07, 6.45) is 1.95. The molecule has 0 spiro atoms. The minimum Gasteiger partial charge on any atom is -0.329 e. The molecule has 5 nitrogen and oxygen atoms in total. The largest absolute Gasteiger partial charge is 0.329 e. The summed E-state index contributed by atoms with van der Waals surface area (Å²) in [5.41, 5.74) is 4.64. The standard InChI is InChI=1S/C12H13N5S/c1-7-4-5-9-11(13-7)17(12(18)14-9)10-6-16(3)15-8(10)2/h4-6H,1-3H3,(H,14,18). The second-order valence-electron chi connectivity index (χ2n) is 4.36. The summed E-state index contributed by atoms with van der Waals surface area (Å²) < 4.78 is 4.35. The normalized spacial score (nSPS) is 11.3. The lowest BCUT2D eigenvalue weighted by Crippen LogP contribution is -1.96. The number of imidazole rings is 1. The van der Waals surface area contributed by atoms with Gasteiger partial charge in [-0.3, -0.25) is 9.25 Å². The Balaban J connectivity index is 2.41. The van der Waals surface area contributed by atoms with Crippen LogP contribution in [0.4, 0.5) is 0 Å². The van der Waals surface area contributed by atoms with Crippen LogP contribution in [-0.4, -0.2) is 24.3 Å². The predicted molar refractivity (Wildman–Crippen MR) is 72.5 cm³/mol. The Hall–Kier alpha value is -1.95. The molecule has 18 heavy (non-hydrogen) atoms. The van der Waals surface area contributed by atoms with E-state index in [0.29, 0.717) is 4.77 Å². The van der Waals surface area contributed by atoms with Crippen LogP contribution in [0.1, 0.15) is 11.4 Å². The van der Waals surface area contributed by atoms with Gasteiger partial charge in [0.1, 0.15) is 0 Å². The maximum atomic E-state index is 5.38. The lowest BCUT2D eigenvalue weighted by Gasteiger charge is -2.01. The van der Waals surface area contributed by atoms with Crippen LogP contribution in [0, 0.1) is 18.6 Å². The molecule has 0 saturated carbocycles. The van der Waals surface area contributed by atoms with Gasteiger partial charge in [-0.05, 0) is 38.2 Å². The van der Waals surface area contributed by atoms with Crippen LogP contribution in [0.25, 0.3) is 16.9 Å². The van der Waals surface area contributed by atoms with Gasteiger partial charge in [0.25, 0.3) is 0 Å². The fourth-order valence-corrected chi connectivity index (χ4v) is 2.40. The molecule has 0 bridgehead atoms. The highest BCUT2D eigenvalue weighted by molar-refractivity contribution is 7.71. The first-order valence-corrected chi connectivity index (χ1v) is 6.06. The Morgan fingerprint density at radius 2 is 2.06 bits per heavy atom. The third-order valence-electron chi connectivity index (χ3n) is 2.90. The quantitative estimate of drug-likeness (QED) is 0.683. The number of H-pyrrole nitrogens is 1. The molecule has 3 aromatic rings. The van der Waals surface area contributed by atoms with E-state index in [-0.39, 0.29) is 0 Å². The fourth-order valence-electron chi connectivity index (χ4n) is 2.11. The van der Waals surface area contributed by atoms with Gasteiger partial charge in [0.15, 0.2) is 10.4 Å². The predicted octanol–water partition coefficient (Wildman–Crippen LogP) is 2.43. The molecule has 0 aliphatic heterocycles. The number of aromatic nitrogens is 5. The Labute approximate surface area is 109 Å². The molecule has 0 aliphatic carbocycles. The summed E-state index contributed by atoms with van der Waals surface area (Å²) in [4.78, 5) is 7.72. The summed E-state index contributed by atoms with van der Waals surface area (Å²) in [5, 5.41) is 4.35. The summed E-state index contributed by atoms with van der Waals surface area (Å²) >= 11 is 5.38. The van der Waals surface area contributed by atoms with Crippen LogP contribution in [0.5, 0.6) is 0 Å². The van der Waals surface area contributed by atoms with Crippen molar-refractivity contribution < 1.29 is 0 Å². The van der Waals surface area contributed by atoms with Crippen molar-refractivity contribution in [2.45, 2.75) is 13.8 Å². The average Bonchev–Trinajstić information content (AvgIpc) is 2.77. The lowest BCUT2D eigenvalue weighted by molar-refractivity contribution is 0.756. The second kappa shape index (κ2) is 3.78. The first-order valence-electron chi connectivity index (χ1n) is 5.65. The van der Waals surface area contributed by atoms with Gasteiger partial charge >= 0.3 is 0 Å². The molecule has 0 amide bonds. The zero-order valence-corrected chi connectivity index (χ0v) is 11.2. The summed E-state index contributed by atoms with van der Waals surface area (Å²) in [6.45, 7) is 3.93. The van der Waals surface area contributed by atoms with Gasteiger partial charge in [-0.25, -0.2) is 4.98 Å². The van der Waals surface area contributed by atoms with Crippen LogP contribution in [0.3, 0.4) is 0 Å². The van der Waals surface area contributed by atoms with Gasteiger partial charge in [-0.1, -0.05) is 0 Å². The topological polar surface area (TPSA) is 51.4 Å². The molecule has 0 saturated heterocycles. The highest BCUT2D eigenvalue weighted by atomic mass is 32.1. The van der Waals surface area contributed by atoms with Crippen LogP contribution in [-0.2, 0) is 7.05 Å². The van der Waals surface area contributed by atoms with Crippen molar-refractivity contribution in [3.8, 4) is 5.69 Å². The van der Waals surface area contributed by atoms with E-state index in [9.17, 15) is 0 Å². The number of aryl methyl sites for hydroxylation is 3. The number of nitrogens with zero attached hydrogens (tertiary/aromatic N) is 4. The Morgan fingerprint density at radius 1 is 1.28 bits per heavy atom. The van der Waals surface area contributed by atoms with E-state index < -0.39 is 0 Å². The zero-order valence-electron chi connectivity index (χ0n) is 10.4. The first kappa shape index (κ1) is 11.2. The van der Waals surface area contributed by atoms with Crippen LogP contribution < -0.4 is 0 Å². The highest BCUT2D eigenvalue weighted by Crippen LogP contribution is 2.20. The minimum atomic E-state index is 0.638. The van der Waals surface area contributed by atoms with E-state index in [1.807, 2.05) is 43.8 Å². The molecular weight excluding hydrogens is 246 g/mol. The van der Waals surface area contributed by atoms with E-state index >= 15 is 0 Å². The third kappa shape index (κ3) is 1.57. The molecule has 1 N–H and O–H groups in total. The van der Waals surface area contributed by atoms with Crippen molar-refractivity contribution in [1.29, 1.82) is 0 Å². The molecule has 0 radical (unpaired) electrons. The summed E-state index contributed by atoms with van der Waals surface area (Å²) in [5.74, 6) is 0. The second-order valence-corrected chi connectivity index (χ2v) is 4.75. The van der Waals surface area contributed by atoms with Crippen molar-refractivity contribution in [2.24, 2.45) is 7.05 Å². The molecule has 0 aromatic carbocycles. The monoisotopic (exact) mass is 259 g/mol. The fraction of sp³-hybridized carbons (Fsp3) is 0.250. The molecule has 0 fully saturated rings. The van der Waals surface area contributed by atoms with Gasteiger partial charge in [-0.2, -0.15) is 5.10 Å². The molecule has 3 rings (SSSR count). The van der Waals surface area contributed by atoms with E-state index in [1.54, 1.807) is 4.68 Å². The first-order chi connectivity index (χ1) is 8.56. The molecule has 92 valence electrons. The lowest BCUT2D eigenvalue weighted by atomic mass is 10.3. The van der Waals surface area contributed by atoms with Gasteiger partial charge in [0.2, 0.25) is 0 Å². The maximum absolute atomic E-state index is 5.38. The molecule has 3 aromatic heterocycles. The number of hydrogen-bond donors (Lipinski definition) is 1. The van der Waals surface area contributed by atoms with E-state index in [0.717, 1.165) is 28.2 Å². The van der Waals surface area contributed by atoms with Gasteiger partial charge in [0.05, 0.1) is 16.9 Å². The van der Waals surface area contributed by atoms with Gasteiger partial charge in [-0.15, -0.1) is 0 Å². The number of hydrogen-bond acceptors (Lipinski definition) is 3. The van der Waals surface area contributed by atoms with Gasteiger partial charge in [0, 0.05) is 18.9 Å². The minimum absolute atomic E-state index is 0.638. The van der Waals surface area contributed by atoms with E-state index in [4.69, 9.17) is 12.2 Å². The average molecular weight is 259 g/mol. The molecule has 3 heterocycles. The van der Waals surface area contributed by atoms with Crippen molar-refractivity contribution in [1.82, 2.24) is 24.3 Å². The van der Waals surface area contributed by atoms with Gasteiger partial charge < -0.3 is 4.98 Å². The molecule has 0 aliphatic rings. The van der Waals surface area contributed by atoms with E-state index in [2.05, 4.69) is 15.1 Å². The Bertz CT molecular complexity index is 793. The Kier molecular flexibility index (Phi) is 2.34. The molecule has 0 atom stereocenters. The number of rotatable bonds is 1. The number of pyridine rings is 1. The van der Waals surface area contributed by atoms with Crippen molar-refractivity contribution >= 4 is 23.4 Å². The van der Waals surface area contributed by atoms with Crippen LogP contribution >= 0.6 is 12.2 Å². The van der Waals surface area contributed by atoms with Crippen molar-refractivity contribution in [3.63, 3.8) is 0 Å². The number of fused-ring (bicyclic) bond motifs is 1. The van der Waals surface area contributed by atoms with Crippen LogP contribution in [0.2, 0.25) is 0 Å². The summed E-state index contributed by atoms with van der Waals surface area (Å²) in [6, 6.07) is 3.96. The molecule has 0 unspecified atom stereocenters. The summed E-state index contributed by atoms with van der Waals surface area (Å²) in [7, 11) is 1.90. The number of aromatic amines is 1. The Morgan fingerprint density at radius 3 is 2.72 bits per heavy atom. The van der Waals surface area contributed by atoms with E-state index in [1.165, 1.54) is 0 Å². The SMILES string of the molecule is Cc1ccc2[nH]c(=S)n(-c3cn(C)nc3C)c2n1. The molecular formula is C12H13N5S. The highest BCUT2D eigenvalue weighted by Gasteiger charge is 2.12. The van der Waals surface area contributed by atoms with Crippen LogP contribution in [0.15, 0.2) is 18.3 Å². The maximum Gasteiger partial charge on any atom is 0.184 e. The number of nitrogens with one attached hydrogen (secondary N) is 1. The zero-order chi connectivity index (χ0) is 12.9. The third-order valence-corrected chi connectivity index (χ3v) is 3.18. The van der Waals surface area contributed by atoms with Crippen molar-refractivity contribution in [2.75, 3.05) is 0 Å². The smallest absolute Gasteiger partial charge is 0.184 e. The van der Waals surface area contributed by atoms with Crippen molar-refractivity contribution in [3.05, 3.63) is 34.5 Å².